The molecule has 1 unspecified atom stereocenters. The lowest BCUT2D eigenvalue weighted by molar-refractivity contribution is -0.110. The van der Waals surface area contributed by atoms with E-state index in [2.05, 4.69) is 10.3 Å². The van der Waals surface area contributed by atoms with Crippen molar-refractivity contribution in [3.05, 3.63) is 41.6 Å². The summed E-state index contributed by atoms with van der Waals surface area (Å²) in [6.07, 6.45) is 0.922. The van der Waals surface area contributed by atoms with Gasteiger partial charge in [-0.2, -0.15) is 0 Å². The molecule has 1 atom stereocenters. The Labute approximate surface area is 142 Å². The number of nitrogens with zero attached hydrogens (tertiary/aromatic N) is 1. The molecule has 5 nitrogen and oxygen atoms in total. The monoisotopic (exact) mass is 328 g/mol. The van der Waals surface area contributed by atoms with Crippen LogP contribution in [0.15, 0.2) is 30.3 Å². The van der Waals surface area contributed by atoms with Crippen LogP contribution in [0.3, 0.4) is 0 Å². The van der Waals surface area contributed by atoms with Crippen LogP contribution in [-0.4, -0.2) is 29.5 Å². The quantitative estimate of drug-likeness (QED) is 0.854. The molecule has 0 spiro atoms. The van der Waals surface area contributed by atoms with Crippen molar-refractivity contribution in [2.45, 2.75) is 39.7 Å². The first kappa shape index (κ1) is 17.9. The predicted octanol–water partition coefficient (Wildman–Crippen LogP) is 3.43. The molecule has 24 heavy (non-hydrogen) atoms. The van der Waals surface area contributed by atoms with Gasteiger partial charge in [0.1, 0.15) is 11.9 Å². The van der Waals surface area contributed by atoms with Crippen molar-refractivity contribution in [2.75, 3.05) is 6.54 Å². The van der Waals surface area contributed by atoms with Crippen LogP contribution in [0.2, 0.25) is 0 Å². The number of benzene rings is 1. The van der Waals surface area contributed by atoms with E-state index < -0.39 is 11.7 Å². The van der Waals surface area contributed by atoms with E-state index in [1.165, 1.54) is 0 Å². The summed E-state index contributed by atoms with van der Waals surface area (Å²) >= 11 is 0. The van der Waals surface area contributed by atoms with Crippen LogP contribution in [0.4, 0.5) is 4.79 Å². The topological polar surface area (TPSA) is 68.3 Å². The number of ether oxygens (including phenoxy) is 1. The average Bonchev–Trinajstić information content (AvgIpc) is 2.49. The van der Waals surface area contributed by atoms with Gasteiger partial charge < -0.3 is 14.8 Å². The number of hydrogen-bond donors (Lipinski definition) is 1. The number of hydrogen-bond acceptors (Lipinski definition) is 4. The Morgan fingerprint density at radius 3 is 2.71 bits per heavy atom. The van der Waals surface area contributed by atoms with Gasteiger partial charge in [-0.25, -0.2) is 4.79 Å². The lowest BCUT2D eigenvalue weighted by Crippen LogP contribution is -2.36. The van der Waals surface area contributed by atoms with E-state index in [4.69, 9.17) is 4.74 Å². The highest BCUT2D eigenvalue weighted by atomic mass is 16.6. The van der Waals surface area contributed by atoms with E-state index in [0.29, 0.717) is 6.42 Å². The van der Waals surface area contributed by atoms with E-state index in [9.17, 15) is 9.59 Å². The van der Waals surface area contributed by atoms with Crippen molar-refractivity contribution >= 4 is 23.3 Å². The molecular weight excluding hydrogens is 304 g/mol. The Kier molecular flexibility index (Phi) is 5.54. The predicted molar refractivity (Wildman–Crippen MR) is 94.0 cm³/mol. The van der Waals surface area contributed by atoms with E-state index in [1.54, 1.807) is 20.8 Å². The van der Waals surface area contributed by atoms with Crippen molar-refractivity contribution in [2.24, 2.45) is 5.92 Å². The van der Waals surface area contributed by atoms with Crippen molar-refractivity contribution in [1.82, 2.24) is 10.3 Å². The Balaban J connectivity index is 1.98. The minimum atomic E-state index is -0.551. The summed E-state index contributed by atoms with van der Waals surface area (Å²) in [7, 11) is 0. The Morgan fingerprint density at radius 2 is 2.04 bits per heavy atom. The zero-order valence-electron chi connectivity index (χ0n) is 14.6. The van der Waals surface area contributed by atoms with Crippen LogP contribution in [0.5, 0.6) is 0 Å². The fourth-order valence-corrected chi connectivity index (χ4v) is 2.40. The Hall–Kier alpha value is -2.43. The highest BCUT2D eigenvalue weighted by molar-refractivity contribution is 5.79. The van der Waals surface area contributed by atoms with Crippen molar-refractivity contribution < 1.29 is 14.3 Å². The van der Waals surface area contributed by atoms with Gasteiger partial charge in [0.25, 0.3) is 0 Å². The smallest absolute Gasteiger partial charge is 0.407 e. The molecule has 1 N–H and O–H groups in total. The van der Waals surface area contributed by atoms with Crippen molar-refractivity contribution in [1.29, 1.82) is 0 Å². The standard InChI is InChI=1S/C19H24N2O3/c1-13-5-7-16-10-14(6-8-17(16)21-13)9-15(12-22)11-20-18(23)24-19(2,3)4/h5-8,10,12,15H,9,11H2,1-4H3,(H,20,23). The molecule has 1 heterocycles. The van der Waals surface area contributed by atoms with Crippen LogP contribution in [0.1, 0.15) is 32.0 Å². The van der Waals surface area contributed by atoms with E-state index in [-0.39, 0.29) is 12.5 Å². The highest BCUT2D eigenvalue weighted by Crippen LogP contribution is 2.17. The number of pyridine rings is 1. The SMILES string of the molecule is Cc1ccc2cc(CC(C=O)CNC(=O)OC(C)(C)C)ccc2n1. The first-order chi connectivity index (χ1) is 11.3. The van der Waals surface area contributed by atoms with Crippen LogP contribution in [-0.2, 0) is 16.0 Å². The summed E-state index contributed by atoms with van der Waals surface area (Å²) in [4.78, 5) is 27.5. The molecule has 0 radical (unpaired) electrons. The summed E-state index contributed by atoms with van der Waals surface area (Å²) in [6, 6.07) is 9.95. The van der Waals surface area contributed by atoms with Gasteiger partial charge in [0, 0.05) is 23.5 Å². The third-order valence-corrected chi connectivity index (χ3v) is 3.49. The number of fused-ring (bicyclic) bond motifs is 1. The molecule has 128 valence electrons. The Bertz CT molecular complexity index is 735. The van der Waals surface area contributed by atoms with Crippen LogP contribution >= 0.6 is 0 Å². The van der Waals surface area contributed by atoms with Gasteiger partial charge in [-0.05, 0) is 57.9 Å². The molecule has 0 saturated carbocycles. The molecule has 0 aliphatic heterocycles. The van der Waals surface area contributed by atoms with Crippen molar-refractivity contribution in [3.63, 3.8) is 0 Å². The summed E-state index contributed by atoms with van der Waals surface area (Å²) in [6.45, 7) is 7.61. The molecule has 1 aromatic carbocycles. The molecule has 1 amide bonds. The summed E-state index contributed by atoms with van der Waals surface area (Å²) in [5.74, 6) is -0.298. The second-order valence-corrected chi connectivity index (χ2v) is 6.96. The van der Waals surface area contributed by atoms with Gasteiger partial charge in [0.2, 0.25) is 0 Å². The third-order valence-electron chi connectivity index (χ3n) is 3.49. The number of amides is 1. The molecule has 0 aliphatic carbocycles. The maximum Gasteiger partial charge on any atom is 0.407 e. The molecule has 1 aromatic heterocycles. The van der Waals surface area contributed by atoms with Gasteiger partial charge in [0.15, 0.2) is 0 Å². The molecule has 0 aliphatic rings. The van der Waals surface area contributed by atoms with Crippen LogP contribution in [0, 0.1) is 12.8 Å². The fraction of sp³-hybridized carbons (Fsp3) is 0.421. The molecule has 2 rings (SSSR count). The van der Waals surface area contributed by atoms with Gasteiger partial charge in [-0.3, -0.25) is 4.98 Å². The highest BCUT2D eigenvalue weighted by Gasteiger charge is 2.17. The van der Waals surface area contributed by atoms with E-state index in [1.807, 2.05) is 37.3 Å². The minimum absolute atomic E-state index is 0.253. The largest absolute Gasteiger partial charge is 0.444 e. The summed E-state index contributed by atoms with van der Waals surface area (Å²) in [5.41, 5.74) is 2.40. The van der Waals surface area contributed by atoms with Crippen molar-refractivity contribution in [3.8, 4) is 0 Å². The first-order valence-electron chi connectivity index (χ1n) is 8.05. The number of aldehydes is 1. The number of carbonyl (C=O) groups is 2. The summed E-state index contributed by atoms with van der Waals surface area (Å²) in [5, 5.41) is 3.69. The lowest BCUT2D eigenvalue weighted by Gasteiger charge is -2.20. The molecule has 0 fully saturated rings. The maximum atomic E-state index is 11.7. The van der Waals surface area contributed by atoms with Gasteiger partial charge in [-0.1, -0.05) is 12.1 Å². The summed E-state index contributed by atoms with van der Waals surface area (Å²) < 4.78 is 5.18. The maximum absolute atomic E-state index is 11.7. The number of rotatable bonds is 5. The van der Waals surface area contributed by atoms with Gasteiger partial charge in [0.05, 0.1) is 5.52 Å². The Morgan fingerprint density at radius 1 is 1.29 bits per heavy atom. The molecule has 5 heteroatoms. The number of aryl methyl sites for hydroxylation is 1. The molecular formula is C19H24N2O3. The second kappa shape index (κ2) is 7.43. The van der Waals surface area contributed by atoms with Gasteiger partial charge >= 0.3 is 6.09 Å². The van der Waals surface area contributed by atoms with Gasteiger partial charge in [-0.15, -0.1) is 0 Å². The third kappa shape index (κ3) is 5.33. The number of aromatic nitrogens is 1. The zero-order chi connectivity index (χ0) is 17.7. The fourth-order valence-electron chi connectivity index (χ4n) is 2.40. The van der Waals surface area contributed by atoms with E-state index in [0.717, 1.165) is 28.4 Å². The lowest BCUT2D eigenvalue weighted by atomic mass is 9.99. The first-order valence-corrected chi connectivity index (χ1v) is 8.05. The molecule has 2 aromatic rings. The number of nitrogens with one attached hydrogen (secondary N) is 1. The zero-order valence-corrected chi connectivity index (χ0v) is 14.6. The minimum Gasteiger partial charge on any atom is -0.444 e. The van der Waals surface area contributed by atoms with Crippen LogP contribution in [0.25, 0.3) is 10.9 Å². The number of alkyl carbamates (subject to hydrolysis) is 1. The molecule has 0 saturated heterocycles. The average molecular weight is 328 g/mol. The van der Waals surface area contributed by atoms with Crippen LogP contribution < -0.4 is 5.32 Å². The normalized spacial score (nSPS) is 12.7. The number of carbonyl (C=O) groups excluding carboxylic acids is 2. The molecule has 0 bridgehead atoms. The second-order valence-electron chi connectivity index (χ2n) is 6.96. The van der Waals surface area contributed by atoms with E-state index >= 15 is 0 Å².